The molecule has 0 fully saturated rings. The van der Waals surface area contributed by atoms with Gasteiger partial charge in [-0.2, -0.15) is 5.10 Å². The predicted molar refractivity (Wildman–Crippen MR) is 120 cm³/mol. The van der Waals surface area contributed by atoms with Crippen LogP contribution in [0.4, 0.5) is 11.4 Å². The molecule has 2 amide bonds. The molecule has 1 atom stereocenters. The van der Waals surface area contributed by atoms with Crippen molar-refractivity contribution in [2.24, 2.45) is 0 Å². The molecule has 0 aliphatic carbocycles. The van der Waals surface area contributed by atoms with Gasteiger partial charge in [-0.25, -0.2) is 4.68 Å². The van der Waals surface area contributed by atoms with Crippen molar-refractivity contribution in [1.29, 1.82) is 0 Å². The molecule has 0 saturated heterocycles. The van der Waals surface area contributed by atoms with Gasteiger partial charge in [-0.1, -0.05) is 35.9 Å². The van der Waals surface area contributed by atoms with Crippen LogP contribution in [0.2, 0.25) is 5.02 Å². The van der Waals surface area contributed by atoms with Crippen LogP contribution < -0.4 is 15.8 Å². The van der Waals surface area contributed by atoms with Gasteiger partial charge in [0.1, 0.15) is 12.2 Å². The van der Waals surface area contributed by atoms with Gasteiger partial charge in [0.25, 0.3) is 11.5 Å². The van der Waals surface area contributed by atoms with E-state index in [4.69, 9.17) is 11.6 Å². The summed E-state index contributed by atoms with van der Waals surface area (Å²) in [5.41, 5.74) is 2.98. The molecular formula is C23H21ClN4O3. The van der Waals surface area contributed by atoms with E-state index in [1.807, 2.05) is 38.1 Å². The number of benzene rings is 2. The summed E-state index contributed by atoms with van der Waals surface area (Å²) >= 11 is 6.09. The largest absolute Gasteiger partial charge is 0.324 e. The van der Waals surface area contributed by atoms with Crippen LogP contribution in [0.25, 0.3) is 0 Å². The van der Waals surface area contributed by atoms with Gasteiger partial charge < -0.3 is 10.2 Å². The van der Waals surface area contributed by atoms with E-state index in [9.17, 15) is 14.4 Å². The average Bonchev–Trinajstić information content (AvgIpc) is 3.07. The normalized spacial score (nSPS) is 14.9. The molecule has 2 aromatic carbocycles. The average molecular weight is 437 g/mol. The van der Waals surface area contributed by atoms with Crippen LogP contribution in [0.15, 0.2) is 59.4 Å². The summed E-state index contributed by atoms with van der Waals surface area (Å²) in [6, 6.07) is 15.5. The number of nitrogens with one attached hydrogen (secondary N) is 1. The molecule has 7 nitrogen and oxygen atoms in total. The van der Waals surface area contributed by atoms with Crippen LogP contribution in [0.5, 0.6) is 0 Å². The lowest BCUT2D eigenvalue weighted by atomic mass is 10.1. The number of halogens is 1. The Hall–Kier alpha value is -3.45. The molecule has 3 aromatic rings. The van der Waals surface area contributed by atoms with Gasteiger partial charge in [0.15, 0.2) is 0 Å². The van der Waals surface area contributed by atoms with E-state index in [1.165, 1.54) is 12.1 Å². The van der Waals surface area contributed by atoms with Gasteiger partial charge in [0.2, 0.25) is 5.91 Å². The topological polar surface area (TPSA) is 84.3 Å². The molecule has 0 saturated carbocycles. The molecule has 0 spiro atoms. The molecule has 1 aliphatic rings. The molecule has 0 radical (unpaired) electrons. The lowest BCUT2D eigenvalue weighted by Crippen LogP contribution is -2.38. The first-order valence-electron chi connectivity index (χ1n) is 9.89. The number of rotatable bonds is 4. The molecule has 1 N–H and O–H groups in total. The van der Waals surface area contributed by atoms with Crippen LogP contribution in [0.3, 0.4) is 0 Å². The molecule has 1 aliphatic heterocycles. The van der Waals surface area contributed by atoms with Crippen LogP contribution >= 0.6 is 11.6 Å². The number of hydrogen-bond donors (Lipinski definition) is 1. The fourth-order valence-corrected chi connectivity index (χ4v) is 3.86. The highest BCUT2D eigenvalue weighted by molar-refractivity contribution is 6.31. The van der Waals surface area contributed by atoms with Crippen molar-refractivity contribution in [3.63, 3.8) is 0 Å². The maximum Gasteiger partial charge on any atom is 0.278 e. The highest BCUT2D eigenvalue weighted by Crippen LogP contribution is 2.32. The van der Waals surface area contributed by atoms with Crippen molar-refractivity contribution in [1.82, 2.24) is 9.78 Å². The minimum absolute atomic E-state index is 0.0262. The van der Waals surface area contributed by atoms with Crippen molar-refractivity contribution in [2.75, 3.05) is 10.2 Å². The summed E-state index contributed by atoms with van der Waals surface area (Å²) in [7, 11) is 0. The summed E-state index contributed by atoms with van der Waals surface area (Å²) in [5, 5.41) is 7.38. The summed E-state index contributed by atoms with van der Waals surface area (Å²) in [6.07, 6.45) is 0.753. The van der Waals surface area contributed by atoms with Gasteiger partial charge >= 0.3 is 0 Å². The summed E-state index contributed by atoms with van der Waals surface area (Å²) in [4.78, 5) is 39.5. The molecule has 2 heterocycles. The lowest BCUT2D eigenvalue weighted by molar-refractivity contribution is -0.117. The SMILES string of the molecule is Cc1ccc(NC(=O)Cn2nc(C(=O)N3c4ccccc4CC3C)ccc2=O)cc1Cl. The molecule has 1 unspecified atom stereocenters. The minimum atomic E-state index is -0.469. The van der Waals surface area contributed by atoms with Crippen LogP contribution in [0, 0.1) is 6.92 Å². The second-order valence-electron chi connectivity index (χ2n) is 7.58. The molecule has 158 valence electrons. The summed E-state index contributed by atoms with van der Waals surface area (Å²) < 4.78 is 0.991. The second kappa shape index (κ2) is 8.35. The third-order valence-corrected chi connectivity index (χ3v) is 5.67. The number of carbonyl (C=O) groups excluding carboxylic acids is 2. The molecule has 1 aromatic heterocycles. The molecule has 31 heavy (non-hydrogen) atoms. The Morgan fingerprint density at radius 2 is 1.94 bits per heavy atom. The number of aromatic nitrogens is 2. The maximum atomic E-state index is 13.2. The van der Waals surface area contributed by atoms with Crippen LogP contribution in [0.1, 0.15) is 28.5 Å². The van der Waals surface area contributed by atoms with Crippen LogP contribution in [-0.2, 0) is 17.8 Å². The zero-order valence-corrected chi connectivity index (χ0v) is 17.9. The van der Waals surface area contributed by atoms with Crippen molar-refractivity contribution < 1.29 is 9.59 Å². The number of fused-ring (bicyclic) bond motifs is 1. The Kier molecular flexibility index (Phi) is 5.61. The molecule has 4 rings (SSSR count). The Labute approximate surface area is 184 Å². The van der Waals surface area contributed by atoms with Gasteiger partial charge in [-0.3, -0.25) is 14.4 Å². The fraction of sp³-hybridized carbons (Fsp3) is 0.217. The Bertz CT molecular complexity index is 1240. The van der Waals surface area contributed by atoms with Crippen molar-refractivity contribution in [3.05, 3.63) is 86.8 Å². The lowest BCUT2D eigenvalue weighted by Gasteiger charge is -2.22. The molecule has 0 bridgehead atoms. The van der Waals surface area contributed by atoms with Gasteiger partial charge in [-0.15, -0.1) is 0 Å². The van der Waals surface area contributed by atoms with E-state index in [0.29, 0.717) is 10.7 Å². The number of hydrogen-bond acceptors (Lipinski definition) is 4. The van der Waals surface area contributed by atoms with E-state index in [2.05, 4.69) is 10.4 Å². The molecule has 8 heteroatoms. The number of carbonyl (C=O) groups is 2. The first-order valence-corrected chi connectivity index (χ1v) is 10.3. The third kappa shape index (κ3) is 4.22. The van der Waals surface area contributed by atoms with Gasteiger partial charge in [0.05, 0.1) is 0 Å². The van der Waals surface area contributed by atoms with E-state index >= 15 is 0 Å². The Morgan fingerprint density at radius 3 is 2.71 bits per heavy atom. The minimum Gasteiger partial charge on any atom is -0.324 e. The van der Waals surface area contributed by atoms with Crippen molar-refractivity contribution >= 4 is 34.8 Å². The first kappa shape index (κ1) is 20.8. The first-order chi connectivity index (χ1) is 14.8. The second-order valence-corrected chi connectivity index (χ2v) is 7.99. The molecular weight excluding hydrogens is 416 g/mol. The highest BCUT2D eigenvalue weighted by atomic mass is 35.5. The predicted octanol–water partition coefficient (Wildman–Crippen LogP) is 3.44. The Balaban J connectivity index is 1.54. The standard InChI is InChI=1S/C23H21ClN4O3/c1-14-7-8-17(12-18(14)24)25-21(29)13-27-22(30)10-9-19(26-27)23(31)28-15(2)11-16-5-3-4-6-20(16)28/h3-10,12,15H,11,13H2,1-2H3,(H,25,29). The van der Waals surface area contributed by atoms with Crippen LogP contribution in [-0.4, -0.2) is 27.6 Å². The number of amides is 2. The van der Waals surface area contributed by atoms with Gasteiger partial charge in [0, 0.05) is 28.5 Å². The fourth-order valence-electron chi connectivity index (χ4n) is 3.68. The zero-order valence-electron chi connectivity index (χ0n) is 17.1. The summed E-state index contributed by atoms with van der Waals surface area (Å²) in [5.74, 6) is -0.754. The van der Waals surface area contributed by atoms with Crippen molar-refractivity contribution in [3.8, 4) is 0 Å². The van der Waals surface area contributed by atoms with Gasteiger partial charge in [-0.05, 0) is 55.7 Å². The van der Waals surface area contributed by atoms with E-state index in [1.54, 1.807) is 23.1 Å². The third-order valence-electron chi connectivity index (χ3n) is 5.26. The monoisotopic (exact) mass is 436 g/mol. The van der Waals surface area contributed by atoms with E-state index in [0.717, 1.165) is 27.9 Å². The van der Waals surface area contributed by atoms with Crippen molar-refractivity contribution in [2.45, 2.75) is 32.9 Å². The number of nitrogens with zero attached hydrogens (tertiary/aromatic N) is 3. The number of para-hydroxylation sites is 1. The van der Waals surface area contributed by atoms with E-state index < -0.39 is 11.5 Å². The zero-order chi connectivity index (χ0) is 22.1. The summed E-state index contributed by atoms with van der Waals surface area (Å²) in [6.45, 7) is 3.51. The smallest absolute Gasteiger partial charge is 0.278 e. The van der Waals surface area contributed by atoms with E-state index in [-0.39, 0.29) is 24.2 Å². The number of aryl methyl sites for hydroxylation is 1. The Morgan fingerprint density at radius 1 is 1.16 bits per heavy atom. The quantitative estimate of drug-likeness (QED) is 0.679. The maximum absolute atomic E-state index is 13.2. The highest BCUT2D eigenvalue weighted by Gasteiger charge is 2.32. The number of anilines is 2.